The number of hydrogen-bond donors (Lipinski definition) is 0. The number of aryl methyl sites for hydroxylation is 1. The van der Waals surface area contributed by atoms with Crippen LogP contribution in [0.4, 0.5) is 0 Å². The summed E-state index contributed by atoms with van der Waals surface area (Å²) in [4.78, 5) is 1.33. The molecule has 0 atom stereocenters. The van der Waals surface area contributed by atoms with Gasteiger partial charge in [0.25, 0.3) is 0 Å². The third-order valence-corrected chi connectivity index (χ3v) is 1.32. The van der Waals surface area contributed by atoms with Crippen molar-refractivity contribution >= 4 is 11.3 Å². The topological polar surface area (TPSA) is 0 Å². The van der Waals surface area contributed by atoms with E-state index in [9.17, 15) is 0 Å². The monoisotopic (exact) mass is 148 g/mol. The first-order valence-electron chi connectivity index (χ1n) is 1.82. The summed E-state index contributed by atoms with van der Waals surface area (Å²) in [7, 11) is 0. The summed E-state index contributed by atoms with van der Waals surface area (Å²) >= 11 is 1.65. The van der Waals surface area contributed by atoms with E-state index in [4.69, 9.17) is 0 Å². The van der Waals surface area contributed by atoms with Crippen LogP contribution in [0.15, 0.2) is 12.1 Å². The molecular weight excluding hydrogens is 143 g/mol. The molecular formula is C5H5SV-. The van der Waals surface area contributed by atoms with E-state index < -0.39 is 0 Å². The van der Waals surface area contributed by atoms with Gasteiger partial charge < -0.3 is 11.3 Å². The predicted octanol–water partition coefficient (Wildman–Crippen LogP) is 1.85. The third-order valence-electron chi connectivity index (χ3n) is 0.606. The van der Waals surface area contributed by atoms with Crippen molar-refractivity contribution < 1.29 is 18.6 Å². The molecule has 0 unspecified atom stereocenters. The molecule has 1 aromatic rings. The zero-order chi connectivity index (χ0) is 4.41. The average Bonchev–Trinajstić information content (AvgIpc) is 1.86. The molecule has 2 heteroatoms. The smallest absolute Gasteiger partial charge is 0 e. The third kappa shape index (κ3) is 2.17. The number of rotatable bonds is 0. The zero-order valence-corrected chi connectivity index (χ0v) is 6.22. The summed E-state index contributed by atoms with van der Waals surface area (Å²) in [6.07, 6.45) is 0. The fraction of sp³-hybridized carbons (Fsp3) is 0.200. The molecule has 0 spiro atoms. The average molecular weight is 148 g/mol. The molecule has 1 aromatic heterocycles. The van der Waals surface area contributed by atoms with Crippen LogP contribution in [0, 0.1) is 12.3 Å². The first-order chi connectivity index (χ1) is 2.89. The molecule has 0 nitrogen and oxygen atoms in total. The molecule has 0 fully saturated rings. The van der Waals surface area contributed by atoms with E-state index >= 15 is 0 Å². The van der Waals surface area contributed by atoms with Gasteiger partial charge in [-0.15, -0.1) is 5.38 Å². The molecule has 7 heavy (non-hydrogen) atoms. The van der Waals surface area contributed by atoms with Crippen molar-refractivity contribution in [3.63, 3.8) is 0 Å². The zero-order valence-electron chi connectivity index (χ0n) is 4.01. The maximum absolute atomic E-state index is 2.97. The molecule has 0 aliphatic rings. The Kier molecular flexibility index (Phi) is 3.44. The van der Waals surface area contributed by atoms with Crippen LogP contribution in [0.25, 0.3) is 0 Å². The van der Waals surface area contributed by atoms with E-state index in [0.29, 0.717) is 0 Å². The van der Waals surface area contributed by atoms with Gasteiger partial charge in [-0.05, 0) is 0 Å². The molecule has 1 rings (SSSR count). The molecule has 0 aromatic carbocycles. The van der Waals surface area contributed by atoms with Crippen LogP contribution in [0.5, 0.6) is 0 Å². The quantitative estimate of drug-likeness (QED) is 0.492. The van der Waals surface area contributed by atoms with Gasteiger partial charge in [-0.2, -0.15) is 10.9 Å². The maximum atomic E-state index is 2.97. The Morgan fingerprint density at radius 2 is 2.43 bits per heavy atom. The van der Waals surface area contributed by atoms with Gasteiger partial charge >= 0.3 is 0 Å². The fourth-order valence-corrected chi connectivity index (χ4v) is 0.770. The Morgan fingerprint density at radius 1 is 1.71 bits per heavy atom. The van der Waals surface area contributed by atoms with Gasteiger partial charge in [-0.25, -0.2) is 6.07 Å². The van der Waals surface area contributed by atoms with Crippen molar-refractivity contribution in [2.24, 2.45) is 0 Å². The number of thiophene rings is 1. The first-order valence-corrected chi connectivity index (χ1v) is 2.64. The second-order valence-corrected chi connectivity index (χ2v) is 2.25. The van der Waals surface area contributed by atoms with Crippen molar-refractivity contribution in [2.75, 3.05) is 0 Å². The maximum Gasteiger partial charge on any atom is 0 e. The summed E-state index contributed by atoms with van der Waals surface area (Å²) < 4.78 is 0. The summed E-state index contributed by atoms with van der Waals surface area (Å²) in [5.74, 6) is 0. The molecule has 37 valence electrons. The minimum atomic E-state index is 0. The second kappa shape index (κ2) is 3.31. The normalized spacial score (nSPS) is 7.57. The van der Waals surface area contributed by atoms with Gasteiger partial charge in [0.1, 0.15) is 0 Å². The van der Waals surface area contributed by atoms with Crippen LogP contribution < -0.4 is 0 Å². The molecule has 0 saturated heterocycles. The van der Waals surface area contributed by atoms with E-state index in [1.807, 2.05) is 12.1 Å². The summed E-state index contributed by atoms with van der Waals surface area (Å²) in [6, 6.07) is 3.98. The Labute approximate surface area is 59.4 Å². The Hall–Kier alpha value is 0.284. The van der Waals surface area contributed by atoms with Crippen LogP contribution >= 0.6 is 11.3 Å². The molecule has 1 heterocycles. The summed E-state index contributed by atoms with van der Waals surface area (Å²) in [5.41, 5.74) is 0. The first kappa shape index (κ1) is 7.28. The van der Waals surface area contributed by atoms with Gasteiger partial charge in [0.05, 0.1) is 0 Å². The van der Waals surface area contributed by atoms with Crippen molar-refractivity contribution in [3.8, 4) is 0 Å². The van der Waals surface area contributed by atoms with E-state index in [1.165, 1.54) is 4.88 Å². The SMILES string of the molecule is Cc1cc[c-]s1.[V]. The fourth-order valence-electron chi connectivity index (χ4n) is 0.312. The second-order valence-electron chi connectivity index (χ2n) is 1.16. The minimum Gasteiger partial charge on any atom is -0.301 e. The van der Waals surface area contributed by atoms with Crippen molar-refractivity contribution in [1.82, 2.24) is 0 Å². The predicted molar refractivity (Wildman–Crippen MR) is 27.9 cm³/mol. The van der Waals surface area contributed by atoms with Crippen LogP contribution in [-0.4, -0.2) is 0 Å². The van der Waals surface area contributed by atoms with Gasteiger partial charge in [-0.3, -0.25) is 0 Å². The molecule has 1 radical (unpaired) electrons. The van der Waals surface area contributed by atoms with Crippen molar-refractivity contribution in [3.05, 3.63) is 22.4 Å². The molecule has 0 aliphatic carbocycles. The van der Waals surface area contributed by atoms with Crippen LogP contribution in [0.1, 0.15) is 4.88 Å². The van der Waals surface area contributed by atoms with E-state index in [1.54, 1.807) is 11.3 Å². The van der Waals surface area contributed by atoms with E-state index in [-0.39, 0.29) is 18.6 Å². The summed E-state index contributed by atoms with van der Waals surface area (Å²) in [5, 5.41) is 2.97. The van der Waals surface area contributed by atoms with Gasteiger partial charge in [0, 0.05) is 18.6 Å². The Morgan fingerprint density at radius 3 is 2.57 bits per heavy atom. The van der Waals surface area contributed by atoms with E-state index in [0.717, 1.165) is 0 Å². The van der Waals surface area contributed by atoms with Crippen LogP contribution in [0.2, 0.25) is 0 Å². The summed E-state index contributed by atoms with van der Waals surface area (Å²) in [6.45, 7) is 2.07. The van der Waals surface area contributed by atoms with Gasteiger partial charge in [0.2, 0.25) is 0 Å². The molecule has 0 bridgehead atoms. The van der Waals surface area contributed by atoms with Gasteiger partial charge in [-0.1, -0.05) is 6.92 Å². The molecule has 0 aliphatic heterocycles. The van der Waals surface area contributed by atoms with Crippen molar-refractivity contribution in [1.29, 1.82) is 0 Å². The largest absolute Gasteiger partial charge is 0.301 e. The van der Waals surface area contributed by atoms with Crippen LogP contribution in [-0.2, 0) is 18.6 Å². The Balaban J connectivity index is 0.000000360. The minimum absolute atomic E-state index is 0. The molecule has 0 saturated carbocycles. The number of hydrogen-bond acceptors (Lipinski definition) is 1. The Bertz CT molecular complexity index is 112. The standard InChI is InChI=1S/C5H5S.V/c1-5-3-2-4-6-5;/h2-3H,1H3;/q-1;. The van der Waals surface area contributed by atoms with Crippen LogP contribution in [0.3, 0.4) is 0 Å². The molecule has 0 amide bonds. The van der Waals surface area contributed by atoms with Gasteiger partial charge in [0.15, 0.2) is 0 Å². The van der Waals surface area contributed by atoms with Crippen molar-refractivity contribution in [2.45, 2.75) is 6.92 Å². The van der Waals surface area contributed by atoms with E-state index in [2.05, 4.69) is 12.3 Å². The molecule has 0 N–H and O–H groups in total.